The molecule has 0 saturated carbocycles. The quantitative estimate of drug-likeness (QED) is 0.872. The molecule has 0 aliphatic carbocycles. The molecule has 0 aliphatic rings. The van der Waals surface area contributed by atoms with Gasteiger partial charge in [0.15, 0.2) is 0 Å². The normalized spacial score (nSPS) is 10.9. The molecule has 92 valence electrons. The van der Waals surface area contributed by atoms with Crippen molar-refractivity contribution in [3.05, 3.63) is 59.4 Å². The van der Waals surface area contributed by atoms with Crippen molar-refractivity contribution in [1.29, 1.82) is 0 Å². The molecule has 0 spiro atoms. The molecule has 1 aromatic heterocycles. The Morgan fingerprint density at radius 3 is 2.44 bits per heavy atom. The molecule has 3 nitrogen and oxygen atoms in total. The first-order chi connectivity index (χ1) is 8.88. The largest absolute Gasteiger partial charge is 0.330 e. The Balaban J connectivity index is 2.00. The van der Waals surface area contributed by atoms with E-state index in [9.17, 15) is 0 Å². The third-order valence-electron chi connectivity index (χ3n) is 2.62. The Morgan fingerprint density at radius 1 is 0.944 bits per heavy atom. The molecule has 0 radical (unpaired) electrons. The van der Waals surface area contributed by atoms with Crippen LogP contribution in [0.3, 0.4) is 0 Å². The molecule has 0 unspecified atom stereocenters. The van der Waals surface area contributed by atoms with Crippen LogP contribution in [0.4, 0.5) is 0 Å². The van der Waals surface area contributed by atoms with Crippen molar-refractivity contribution in [1.82, 2.24) is 10.2 Å². The van der Waals surface area contributed by atoms with Gasteiger partial charge in [-0.3, -0.25) is 0 Å². The molecule has 2 rings (SSSR count). The SMILES string of the molecule is NCCCc1ccc(C=Cc2ccccc2)nn1. The van der Waals surface area contributed by atoms with Gasteiger partial charge in [-0.2, -0.15) is 10.2 Å². The van der Waals surface area contributed by atoms with E-state index in [1.165, 1.54) is 0 Å². The van der Waals surface area contributed by atoms with E-state index in [0.29, 0.717) is 6.54 Å². The zero-order chi connectivity index (χ0) is 12.6. The van der Waals surface area contributed by atoms with Crippen LogP contribution in [0.2, 0.25) is 0 Å². The first-order valence-corrected chi connectivity index (χ1v) is 6.14. The van der Waals surface area contributed by atoms with E-state index in [4.69, 9.17) is 5.73 Å². The maximum atomic E-state index is 5.46. The molecular formula is C15H17N3. The van der Waals surface area contributed by atoms with Crippen LogP contribution in [-0.4, -0.2) is 16.7 Å². The van der Waals surface area contributed by atoms with Gasteiger partial charge in [0.05, 0.1) is 11.4 Å². The number of hydrogen-bond donors (Lipinski definition) is 1. The van der Waals surface area contributed by atoms with Crippen molar-refractivity contribution in [3.63, 3.8) is 0 Å². The van der Waals surface area contributed by atoms with Gasteiger partial charge in [-0.15, -0.1) is 0 Å². The number of nitrogens with two attached hydrogens (primary N) is 1. The maximum Gasteiger partial charge on any atom is 0.0857 e. The summed E-state index contributed by atoms with van der Waals surface area (Å²) in [5.41, 5.74) is 8.49. The molecule has 0 aliphatic heterocycles. The zero-order valence-corrected chi connectivity index (χ0v) is 10.3. The second-order valence-electron chi connectivity index (χ2n) is 4.09. The van der Waals surface area contributed by atoms with Gasteiger partial charge in [0, 0.05) is 0 Å². The van der Waals surface area contributed by atoms with E-state index >= 15 is 0 Å². The van der Waals surface area contributed by atoms with Crippen LogP contribution in [0.15, 0.2) is 42.5 Å². The maximum absolute atomic E-state index is 5.46. The van der Waals surface area contributed by atoms with Crippen molar-refractivity contribution in [3.8, 4) is 0 Å². The van der Waals surface area contributed by atoms with E-state index < -0.39 is 0 Å². The highest BCUT2D eigenvalue weighted by Crippen LogP contribution is 2.06. The van der Waals surface area contributed by atoms with Crippen molar-refractivity contribution in [2.24, 2.45) is 5.73 Å². The number of benzene rings is 1. The summed E-state index contributed by atoms with van der Waals surface area (Å²) in [5, 5.41) is 8.34. The van der Waals surface area contributed by atoms with Gasteiger partial charge in [0.2, 0.25) is 0 Å². The molecule has 1 aromatic carbocycles. The van der Waals surface area contributed by atoms with Crippen LogP contribution in [0.5, 0.6) is 0 Å². The number of aryl methyl sites for hydroxylation is 1. The number of hydrogen-bond acceptors (Lipinski definition) is 3. The molecule has 3 heteroatoms. The highest BCUT2D eigenvalue weighted by atomic mass is 15.1. The molecule has 2 aromatic rings. The lowest BCUT2D eigenvalue weighted by molar-refractivity contribution is 0.786. The molecule has 18 heavy (non-hydrogen) atoms. The first kappa shape index (κ1) is 12.5. The summed E-state index contributed by atoms with van der Waals surface area (Å²) in [6.45, 7) is 0.692. The highest BCUT2D eigenvalue weighted by Gasteiger charge is 1.95. The lowest BCUT2D eigenvalue weighted by atomic mass is 10.2. The van der Waals surface area contributed by atoms with Crippen LogP contribution in [0.25, 0.3) is 12.2 Å². The Kier molecular flexibility index (Phi) is 4.61. The van der Waals surface area contributed by atoms with Crippen molar-refractivity contribution >= 4 is 12.2 Å². The minimum Gasteiger partial charge on any atom is -0.330 e. The summed E-state index contributed by atoms with van der Waals surface area (Å²) in [6.07, 6.45) is 5.85. The van der Waals surface area contributed by atoms with Crippen LogP contribution in [0, 0.1) is 0 Å². The molecule has 0 amide bonds. The molecule has 0 atom stereocenters. The molecule has 1 heterocycles. The Labute approximate surface area is 107 Å². The standard InChI is InChI=1S/C15H17N3/c16-12-4-7-14-10-11-15(18-17-14)9-8-13-5-2-1-3-6-13/h1-3,5-6,8-11H,4,7,12,16H2. The van der Waals surface area contributed by atoms with Gasteiger partial charge in [0.1, 0.15) is 0 Å². The molecule has 2 N–H and O–H groups in total. The van der Waals surface area contributed by atoms with E-state index in [0.717, 1.165) is 29.8 Å². The minimum absolute atomic E-state index is 0.692. The van der Waals surface area contributed by atoms with E-state index in [-0.39, 0.29) is 0 Å². The summed E-state index contributed by atoms with van der Waals surface area (Å²) in [6, 6.07) is 14.1. The predicted molar refractivity (Wildman–Crippen MR) is 74.8 cm³/mol. The second kappa shape index (κ2) is 6.67. The van der Waals surface area contributed by atoms with E-state index in [2.05, 4.69) is 22.3 Å². The topological polar surface area (TPSA) is 51.8 Å². The Morgan fingerprint density at radius 2 is 1.78 bits per heavy atom. The number of nitrogens with zero attached hydrogens (tertiary/aromatic N) is 2. The van der Waals surface area contributed by atoms with Crippen molar-refractivity contribution in [2.75, 3.05) is 6.54 Å². The fraction of sp³-hybridized carbons (Fsp3) is 0.200. The lowest BCUT2D eigenvalue weighted by Gasteiger charge is -1.98. The number of rotatable bonds is 5. The zero-order valence-electron chi connectivity index (χ0n) is 10.3. The third-order valence-corrected chi connectivity index (χ3v) is 2.62. The molecular weight excluding hydrogens is 222 g/mol. The van der Waals surface area contributed by atoms with Crippen molar-refractivity contribution < 1.29 is 0 Å². The first-order valence-electron chi connectivity index (χ1n) is 6.14. The van der Waals surface area contributed by atoms with Gasteiger partial charge in [0.25, 0.3) is 0 Å². The summed E-state index contributed by atoms with van der Waals surface area (Å²) in [7, 11) is 0. The fourth-order valence-electron chi connectivity index (χ4n) is 1.62. The van der Waals surface area contributed by atoms with Crippen LogP contribution < -0.4 is 5.73 Å². The molecule has 0 fully saturated rings. The number of aromatic nitrogens is 2. The van der Waals surface area contributed by atoms with E-state index in [1.54, 1.807) is 0 Å². The van der Waals surface area contributed by atoms with Gasteiger partial charge < -0.3 is 5.73 Å². The molecule has 0 bridgehead atoms. The van der Waals surface area contributed by atoms with Crippen LogP contribution in [-0.2, 0) is 6.42 Å². The van der Waals surface area contributed by atoms with E-state index in [1.807, 2.05) is 42.5 Å². The highest BCUT2D eigenvalue weighted by molar-refractivity contribution is 5.67. The Hall–Kier alpha value is -2.00. The monoisotopic (exact) mass is 239 g/mol. The van der Waals surface area contributed by atoms with Gasteiger partial charge in [-0.05, 0) is 43.2 Å². The van der Waals surface area contributed by atoms with Crippen LogP contribution >= 0.6 is 0 Å². The van der Waals surface area contributed by atoms with Crippen molar-refractivity contribution in [2.45, 2.75) is 12.8 Å². The average molecular weight is 239 g/mol. The molecule has 0 saturated heterocycles. The summed E-state index contributed by atoms with van der Waals surface area (Å²) >= 11 is 0. The Bertz CT molecular complexity index is 489. The summed E-state index contributed by atoms with van der Waals surface area (Å²) in [4.78, 5) is 0. The summed E-state index contributed by atoms with van der Waals surface area (Å²) < 4.78 is 0. The van der Waals surface area contributed by atoms with Gasteiger partial charge >= 0.3 is 0 Å². The van der Waals surface area contributed by atoms with Crippen LogP contribution in [0.1, 0.15) is 23.4 Å². The van der Waals surface area contributed by atoms with Gasteiger partial charge in [-0.25, -0.2) is 0 Å². The minimum atomic E-state index is 0.692. The average Bonchev–Trinajstić information content (AvgIpc) is 2.45. The predicted octanol–water partition coefficient (Wildman–Crippen LogP) is 2.54. The van der Waals surface area contributed by atoms with Gasteiger partial charge in [-0.1, -0.05) is 36.4 Å². The smallest absolute Gasteiger partial charge is 0.0857 e. The third kappa shape index (κ3) is 3.79. The summed E-state index contributed by atoms with van der Waals surface area (Å²) in [5.74, 6) is 0. The second-order valence-corrected chi connectivity index (χ2v) is 4.09. The lowest BCUT2D eigenvalue weighted by Crippen LogP contribution is -2.02. The fourth-order valence-corrected chi connectivity index (χ4v) is 1.62.